The minimum atomic E-state index is -0.115. The molecule has 27 heavy (non-hydrogen) atoms. The minimum Gasteiger partial charge on any atom is -0.496 e. The highest BCUT2D eigenvalue weighted by Crippen LogP contribution is 2.26. The van der Waals surface area contributed by atoms with Crippen LogP contribution in [-0.4, -0.2) is 26.2 Å². The summed E-state index contributed by atoms with van der Waals surface area (Å²) in [6, 6.07) is 19.8. The number of ether oxygens (including phenoxy) is 2. The van der Waals surface area contributed by atoms with Crippen LogP contribution in [0.15, 0.2) is 60.7 Å². The second-order valence-corrected chi connectivity index (χ2v) is 6.30. The van der Waals surface area contributed by atoms with Crippen LogP contribution in [0.1, 0.15) is 29.3 Å². The predicted molar refractivity (Wildman–Crippen MR) is 109 cm³/mol. The van der Waals surface area contributed by atoms with Crippen LogP contribution in [0.3, 0.4) is 0 Å². The lowest BCUT2D eigenvalue weighted by Gasteiger charge is -2.12. The Bertz CT molecular complexity index is 920. The van der Waals surface area contributed by atoms with E-state index < -0.39 is 0 Å². The number of hydrogen-bond acceptors (Lipinski definition) is 3. The summed E-state index contributed by atoms with van der Waals surface area (Å²) in [5, 5.41) is 5.08. The molecule has 0 fully saturated rings. The SMILES string of the molecule is CCOc1ccccc1CCCNC(=O)c1cc2ccccc2cc1OC. The molecule has 0 spiro atoms. The van der Waals surface area contributed by atoms with Gasteiger partial charge >= 0.3 is 0 Å². The molecular weight excluding hydrogens is 338 g/mol. The smallest absolute Gasteiger partial charge is 0.255 e. The van der Waals surface area contributed by atoms with Crippen molar-refractivity contribution in [3.05, 3.63) is 71.8 Å². The number of amides is 1. The second-order valence-electron chi connectivity index (χ2n) is 6.30. The third-order valence-electron chi connectivity index (χ3n) is 4.49. The largest absolute Gasteiger partial charge is 0.496 e. The molecule has 0 saturated heterocycles. The van der Waals surface area contributed by atoms with Crippen molar-refractivity contribution in [2.75, 3.05) is 20.3 Å². The van der Waals surface area contributed by atoms with Gasteiger partial charge in [0.1, 0.15) is 11.5 Å². The first-order chi connectivity index (χ1) is 13.2. The number of fused-ring (bicyclic) bond motifs is 1. The molecule has 0 saturated carbocycles. The van der Waals surface area contributed by atoms with Crippen LogP contribution in [0.4, 0.5) is 0 Å². The Hall–Kier alpha value is -3.01. The molecule has 0 radical (unpaired) electrons. The molecule has 0 heterocycles. The first-order valence-electron chi connectivity index (χ1n) is 9.28. The zero-order valence-electron chi connectivity index (χ0n) is 15.8. The summed E-state index contributed by atoms with van der Waals surface area (Å²) < 4.78 is 11.1. The first kappa shape index (κ1) is 18.8. The summed E-state index contributed by atoms with van der Waals surface area (Å²) >= 11 is 0. The molecule has 1 N–H and O–H groups in total. The number of para-hydroxylation sites is 1. The van der Waals surface area contributed by atoms with Crippen molar-refractivity contribution in [2.24, 2.45) is 0 Å². The Morgan fingerprint density at radius 2 is 1.67 bits per heavy atom. The normalized spacial score (nSPS) is 10.6. The van der Waals surface area contributed by atoms with Crippen LogP contribution in [0, 0.1) is 0 Å². The fourth-order valence-corrected chi connectivity index (χ4v) is 3.15. The Labute approximate surface area is 160 Å². The average Bonchev–Trinajstić information content (AvgIpc) is 2.71. The zero-order valence-corrected chi connectivity index (χ0v) is 15.8. The lowest BCUT2D eigenvalue weighted by atomic mass is 10.0. The Morgan fingerprint density at radius 1 is 0.963 bits per heavy atom. The van der Waals surface area contributed by atoms with E-state index in [0.29, 0.717) is 24.5 Å². The second kappa shape index (κ2) is 9.08. The summed E-state index contributed by atoms with van der Waals surface area (Å²) in [6.45, 7) is 3.22. The van der Waals surface area contributed by atoms with Gasteiger partial charge in [-0.1, -0.05) is 42.5 Å². The number of hydrogen-bond donors (Lipinski definition) is 1. The number of benzene rings is 3. The van der Waals surface area contributed by atoms with E-state index in [1.807, 2.05) is 61.5 Å². The molecule has 1 amide bonds. The van der Waals surface area contributed by atoms with E-state index in [0.717, 1.165) is 34.9 Å². The highest BCUT2D eigenvalue weighted by molar-refractivity contribution is 6.01. The van der Waals surface area contributed by atoms with Gasteiger partial charge < -0.3 is 14.8 Å². The Morgan fingerprint density at radius 3 is 2.41 bits per heavy atom. The number of carbonyl (C=O) groups is 1. The van der Waals surface area contributed by atoms with Crippen molar-refractivity contribution in [1.29, 1.82) is 0 Å². The molecule has 0 aliphatic carbocycles. The standard InChI is InChI=1S/C23H25NO3/c1-3-27-21-13-7-6-9-17(21)12-8-14-24-23(25)20-15-18-10-4-5-11-19(18)16-22(20)26-2/h4-7,9-11,13,15-16H,3,8,12,14H2,1-2H3,(H,24,25). The number of carbonyl (C=O) groups excluding carboxylic acids is 1. The molecule has 0 unspecified atom stereocenters. The van der Waals surface area contributed by atoms with Gasteiger partial charge in [0.25, 0.3) is 5.91 Å². The third kappa shape index (κ3) is 4.59. The van der Waals surface area contributed by atoms with Crippen LogP contribution < -0.4 is 14.8 Å². The molecule has 4 nitrogen and oxygen atoms in total. The highest BCUT2D eigenvalue weighted by atomic mass is 16.5. The molecule has 0 atom stereocenters. The fourth-order valence-electron chi connectivity index (χ4n) is 3.15. The number of methoxy groups -OCH3 is 1. The molecule has 3 aromatic carbocycles. The van der Waals surface area contributed by atoms with Crippen LogP contribution in [0.2, 0.25) is 0 Å². The summed E-state index contributed by atoms with van der Waals surface area (Å²) in [5.74, 6) is 1.39. The summed E-state index contributed by atoms with van der Waals surface area (Å²) in [7, 11) is 1.59. The fraction of sp³-hybridized carbons (Fsp3) is 0.261. The molecule has 140 valence electrons. The van der Waals surface area contributed by atoms with E-state index in [2.05, 4.69) is 11.4 Å². The van der Waals surface area contributed by atoms with Crippen molar-refractivity contribution >= 4 is 16.7 Å². The van der Waals surface area contributed by atoms with Crippen molar-refractivity contribution in [3.8, 4) is 11.5 Å². The van der Waals surface area contributed by atoms with Gasteiger partial charge in [-0.2, -0.15) is 0 Å². The minimum absolute atomic E-state index is 0.115. The van der Waals surface area contributed by atoms with E-state index in [4.69, 9.17) is 9.47 Å². The lowest BCUT2D eigenvalue weighted by molar-refractivity contribution is 0.0950. The molecular formula is C23H25NO3. The van der Waals surface area contributed by atoms with Crippen LogP contribution in [0.25, 0.3) is 10.8 Å². The third-order valence-corrected chi connectivity index (χ3v) is 4.49. The molecule has 4 heteroatoms. The van der Waals surface area contributed by atoms with Gasteiger partial charge in [-0.25, -0.2) is 0 Å². The molecule has 0 aliphatic heterocycles. The Kier molecular flexibility index (Phi) is 6.31. The van der Waals surface area contributed by atoms with Crippen LogP contribution in [-0.2, 0) is 6.42 Å². The van der Waals surface area contributed by atoms with E-state index >= 15 is 0 Å². The van der Waals surface area contributed by atoms with Crippen LogP contribution in [0.5, 0.6) is 11.5 Å². The van der Waals surface area contributed by atoms with Gasteiger partial charge in [0.15, 0.2) is 0 Å². The molecule has 0 aromatic heterocycles. The monoisotopic (exact) mass is 363 g/mol. The van der Waals surface area contributed by atoms with Gasteiger partial charge in [0.05, 0.1) is 19.3 Å². The van der Waals surface area contributed by atoms with Crippen molar-refractivity contribution in [2.45, 2.75) is 19.8 Å². The lowest BCUT2D eigenvalue weighted by Crippen LogP contribution is -2.25. The average molecular weight is 363 g/mol. The van der Waals surface area contributed by atoms with E-state index in [-0.39, 0.29) is 5.91 Å². The number of nitrogens with one attached hydrogen (secondary N) is 1. The number of rotatable bonds is 8. The van der Waals surface area contributed by atoms with E-state index in [1.54, 1.807) is 7.11 Å². The number of aryl methyl sites for hydroxylation is 1. The molecule has 3 rings (SSSR count). The maximum Gasteiger partial charge on any atom is 0.255 e. The molecule has 3 aromatic rings. The first-order valence-corrected chi connectivity index (χ1v) is 9.28. The van der Waals surface area contributed by atoms with E-state index in [9.17, 15) is 4.79 Å². The highest BCUT2D eigenvalue weighted by Gasteiger charge is 2.13. The maximum absolute atomic E-state index is 12.6. The van der Waals surface area contributed by atoms with Gasteiger partial charge in [-0.05, 0) is 54.3 Å². The molecule has 0 bridgehead atoms. The van der Waals surface area contributed by atoms with Gasteiger partial charge in [0.2, 0.25) is 0 Å². The molecule has 0 aliphatic rings. The van der Waals surface area contributed by atoms with Gasteiger partial charge in [-0.15, -0.1) is 0 Å². The summed E-state index contributed by atoms with van der Waals surface area (Å²) in [6.07, 6.45) is 1.69. The maximum atomic E-state index is 12.6. The van der Waals surface area contributed by atoms with Crippen molar-refractivity contribution in [3.63, 3.8) is 0 Å². The summed E-state index contributed by atoms with van der Waals surface area (Å²) in [5.41, 5.74) is 1.72. The van der Waals surface area contributed by atoms with Crippen molar-refractivity contribution in [1.82, 2.24) is 5.32 Å². The topological polar surface area (TPSA) is 47.6 Å². The van der Waals surface area contributed by atoms with Gasteiger partial charge in [-0.3, -0.25) is 4.79 Å². The van der Waals surface area contributed by atoms with E-state index in [1.165, 1.54) is 0 Å². The Balaban J connectivity index is 1.62. The van der Waals surface area contributed by atoms with Crippen molar-refractivity contribution < 1.29 is 14.3 Å². The quantitative estimate of drug-likeness (QED) is 0.595. The summed E-state index contributed by atoms with van der Waals surface area (Å²) in [4.78, 5) is 12.6. The predicted octanol–water partition coefficient (Wildman–Crippen LogP) is 4.61. The van der Waals surface area contributed by atoms with Crippen LogP contribution >= 0.6 is 0 Å². The van der Waals surface area contributed by atoms with Gasteiger partial charge in [0, 0.05) is 6.54 Å². The zero-order chi connectivity index (χ0) is 19.1.